The zero-order valence-electron chi connectivity index (χ0n) is 11.9. The van der Waals surface area contributed by atoms with E-state index in [1.54, 1.807) is 0 Å². The van der Waals surface area contributed by atoms with Crippen molar-refractivity contribution in [3.8, 4) is 0 Å². The van der Waals surface area contributed by atoms with Gasteiger partial charge in [0, 0.05) is 12.8 Å². The average Bonchev–Trinajstić information content (AvgIpc) is 2.97. The van der Waals surface area contributed by atoms with E-state index in [-0.39, 0.29) is 24.2 Å². The van der Waals surface area contributed by atoms with Crippen LogP contribution in [-0.4, -0.2) is 12.4 Å². The molecule has 0 spiro atoms. The van der Waals surface area contributed by atoms with Crippen LogP contribution in [0.15, 0.2) is 12.2 Å². The normalized spacial score (nSPS) is 44.8. The van der Waals surface area contributed by atoms with Gasteiger partial charge in [0.15, 0.2) is 0 Å². The van der Waals surface area contributed by atoms with E-state index in [9.17, 15) is 26.3 Å². The maximum atomic E-state index is 13.0. The summed E-state index contributed by atoms with van der Waals surface area (Å²) in [6, 6.07) is 0. The summed E-state index contributed by atoms with van der Waals surface area (Å²) in [5.74, 6) is 0.657. The summed E-state index contributed by atoms with van der Waals surface area (Å²) < 4.78 is 78.0. The Kier molecular flexibility index (Phi) is 2.87. The van der Waals surface area contributed by atoms with Crippen molar-refractivity contribution >= 4 is 0 Å². The lowest BCUT2D eigenvalue weighted by atomic mass is 9.59. The van der Waals surface area contributed by atoms with Gasteiger partial charge in [0.2, 0.25) is 0 Å². The minimum Gasteiger partial charge on any atom is -0.171 e. The fourth-order valence-corrected chi connectivity index (χ4v) is 6.59. The number of rotatable bonds is 2. The molecule has 0 amide bonds. The van der Waals surface area contributed by atoms with Crippen molar-refractivity contribution in [2.75, 3.05) is 0 Å². The second-order valence-electron chi connectivity index (χ2n) is 7.86. The van der Waals surface area contributed by atoms with E-state index in [1.807, 2.05) is 6.08 Å². The monoisotopic (exact) mass is 324 g/mol. The number of hydrogen-bond donors (Lipinski definition) is 0. The maximum absolute atomic E-state index is 13.0. The van der Waals surface area contributed by atoms with Gasteiger partial charge in [-0.05, 0) is 60.2 Å². The summed E-state index contributed by atoms with van der Waals surface area (Å²) in [4.78, 5) is 0. The van der Waals surface area contributed by atoms with Crippen LogP contribution in [0.5, 0.6) is 0 Å². The molecule has 4 bridgehead atoms. The van der Waals surface area contributed by atoms with Gasteiger partial charge in [-0.1, -0.05) is 12.2 Å². The topological polar surface area (TPSA) is 0 Å². The molecule has 6 heteroatoms. The van der Waals surface area contributed by atoms with E-state index < -0.39 is 36.5 Å². The van der Waals surface area contributed by atoms with Crippen LogP contribution in [0.2, 0.25) is 0 Å². The van der Waals surface area contributed by atoms with E-state index in [4.69, 9.17) is 0 Å². The fourth-order valence-electron chi connectivity index (χ4n) is 6.59. The molecule has 3 saturated carbocycles. The Morgan fingerprint density at radius 1 is 0.818 bits per heavy atom. The van der Waals surface area contributed by atoms with Gasteiger partial charge in [-0.3, -0.25) is 0 Å². The third-order valence-electron chi connectivity index (χ3n) is 6.71. The highest BCUT2D eigenvalue weighted by molar-refractivity contribution is 5.23. The summed E-state index contributed by atoms with van der Waals surface area (Å²) in [5, 5.41) is 0. The van der Waals surface area contributed by atoms with Gasteiger partial charge in [0.05, 0.1) is 0 Å². The van der Waals surface area contributed by atoms with Crippen molar-refractivity contribution in [1.29, 1.82) is 0 Å². The molecule has 0 aromatic rings. The van der Waals surface area contributed by atoms with E-state index in [1.165, 1.54) is 0 Å². The van der Waals surface area contributed by atoms with Crippen molar-refractivity contribution < 1.29 is 26.3 Å². The van der Waals surface area contributed by atoms with Gasteiger partial charge in [0.25, 0.3) is 0 Å². The molecule has 3 fully saturated rings. The smallest absolute Gasteiger partial charge is 0.171 e. The quantitative estimate of drug-likeness (QED) is 0.365. The van der Waals surface area contributed by atoms with Crippen LogP contribution < -0.4 is 0 Å². The second-order valence-corrected chi connectivity index (χ2v) is 7.86. The molecule has 0 heterocycles. The molecule has 0 saturated heterocycles. The van der Waals surface area contributed by atoms with Crippen LogP contribution in [0.1, 0.15) is 32.1 Å². The molecule has 124 valence electrons. The molecule has 6 atom stereocenters. The second kappa shape index (κ2) is 4.23. The van der Waals surface area contributed by atoms with Gasteiger partial charge in [0.1, 0.15) is 0 Å². The van der Waals surface area contributed by atoms with Crippen LogP contribution in [0, 0.1) is 40.9 Å². The van der Waals surface area contributed by atoms with Gasteiger partial charge < -0.3 is 0 Å². The molecule has 0 radical (unpaired) electrons. The van der Waals surface area contributed by atoms with Gasteiger partial charge in [-0.25, -0.2) is 0 Å². The van der Waals surface area contributed by atoms with Gasteiger partial charge in [-0.2, -0.15) is 26.3 Å². The third kappa shape index (κ3) is 2.12. The molecule has 4 aliphatic carbocycles. The maximum Gasteiger partial charge on any atom is 0.389 e. The van der Waals surface area contributed by atoms with Crippen molar-refractivity contribution in [2.24, 2.45) is 40.9 Å². The molecule has 6 unspecified atom stereocenters. The summed E-state index contributed by atoms with van der Waals surface area (Å²) in [6.07, 6.45) is -5.81. The summed E-state index contributed by atoms with van der Waals surface area (Å²) >= 11 is 0. The number of hydrogen-bond acceptors (Lipinski definition) is 0. The molecule has 4 aliphatic rings. The van der Waals surface area contributed by atoms with Crippen molar-refractivity contribution in [2.45, 2.75) is 44.5 Å². The van der Waals surface area contributed by atoms with Gasteiger partial charge in [-0.15, -0.1) is 0 Å². The lowest BCUT2D eigenvalue weighted by Crippen LogP contribution is -2.44. The highest BCUT2D eigenvalue weighted by Gasteiger charge is 2.68. The standard InChI is InChI=1S/C16H18F6/c17-15(18,19)6-14(7-16(20,21)22)5-10-4-11(14)13-9-2-1-8(3-9)12(10)13/h1-2,8-13H,3-7H2. The Hall–Kier alpha value is -0.680. The SMILES string of the molecule is FC(F)(F)CC1(CC(F)(F)F)CC2CC1C1C3C=CC(C3)C21. The van der Waals surface area contributed by atoms with Crippen LogP contribution in [-0.2, 0) is 0 Å². The number of allylic oxidation sites excluding steroid dienone is 2. The predicted molar refractivity (Wildman–Crippen MR) is 67.7 cm³/mol. The van der Waals surface area contributed by atoms with E-state index in [0.29, 0.717) is 18.3 Å². The molecule has 0 aromatic carbocycles. The van der Waals surface area contributed by atoms with Crippen molar-refractivity contribution in [3.63, 3.8) is 0 Å². The lowest BCUT2D eigenvalue weighted by molar-refractivity contribution is -0.210. The molecular formula is C16H18F6. The van der Waals surface area contributed by atoms with Crippen LogP contribution in [0.4, 0.5) is 26.3 Å². The first-order valence-electron chi connectivity index (χ1n) is 7.90. The zero-order chi connectivity index (χ0) is 15.9. The average molecular weight is 324 g/mol. The highest BCUT2D eigenvalue weighted by atomic mass is 19.4. The highest BCUT2D eigenvalue weighted by Crippen LogP contribution is 2.73. The van der Waals surface area contributed by atoms with Crippen molar-refractivity contribution in [1.82, 2.24) is 0 Å². The largest absolute Gasteiger partial charge is 0.389 e. The zero-order valence-corrected chi connectivity index (χ0v) is 11.9. The number of fused-ring (bicyclic) bond motifs is 9. The van der Waals surface area contributed by atoms with Crippen LogP contribution >= 0.6 is 0 Å². The first-order valence-corrected chi connectivity index (χ1v) is 7.90. The lowest BCUT2D eigenvalue weighted by Gasteiger charge is -2.46. The Labute approximate surface area is 124 Å². The van der Waals surface area contributed by atoms with E-state index >= 15 is 0 Å². The van der Waals surface area contributed by atoms with E-state index in [0.717, 1.165) is 6.42 Å². The summed E-state index contributed by atoms with van der Waals surface area (Å²) in [6.45, 7) is 0. The Balaban J connectivity index is 1.67. The predicted octanol–water partition coefficient (Wildman–Crippen LogP) is 5.36. The molecule has 22 heavy (non-hydrogen) atoms. The molecule has 0 nitrogen and oxygen atoms in total. The Morgan fingerprint density at radius 2 is 1.36 bits per heavy atom. The van der Waals surface area contributed by atoms with Gasteiger partial charge >= 0.3 is 12.4 Å². The van der Waals surface area contributed by atoms with E-state index in [2.05, 4.69) is 6.08 Å². The van der Waals surface area contributed by atoms with Crippen LogP contribution in [0.25, 0.3) is 0 Å². The summed E-state index contributed by atoms with van der Waals surface area (Å²) in [5.41, 5.74) is -1.61. The van der Waals surface area contributed by atoms with Crippen LogP contribution in [0.3, 0.4) is 0 Å². The molecule has 4 rings (SSSR count). The Morgan fingerprint density at radius 3 is 1.91 bits per heavy atom. The minimum absolute atomic E-state index is 0.0541. The first kappa shape index (κ1) is 14.9. The molecular weight excluding hydrogens is 306 g/mol. The molecule has 0 aliphatic heterocycles. The van der Waals surface area contributed by atoms with Crippen molar-refractivity contribution in [3.05, 3.63) is 12.2 Å². The number of alkyl halides is 6. The molecule has 0 aromatic heterocycles. The third-order valence-corrected chi connectivity index (χ3v) is 6.71. The Bertz CT molecular complexity index is 486. The minimum atomic E-state index is -4.53. The summed E-state index contributed by atoms with van der Waals surface area (Å²) in [7, 11) is 0. The first-order chi connectivity index (χ1) is 10.1. The fraction of sp³-hybridized carbons (Fsp3) is 0.875. The molecule has 0 N–H and O–H groups in total. The number of halogens is 6.